The van der Waals surface area contributed by atoms with Crippen LogP contribution >= 0.6 is 0 Å². The van der Waals surface area contributed by atoms with Crippen LogP contribution in [-0.4, -0.2) is 22.4 Å². The van der Waals surface area contributed by atoms with Crippen LogP contribution in [0.4, 0.5) is 11.4 Å². The molecule has 1 aromatic carbocycles. The van der Waals surface area contributed by atoms with Crippen molar-refractivity contribution >= 4 is 17.3 Å². The van der Waals surface area contributed by atoms with E-state index in [1.807, 2.05) is 0 Å². The van der Waals surface area contributed by atoms with Gasteiger partial charge in [-0.1, -0.05) is 19.8 Å². The summed E-state index contributed by atoms with van der Waals surface area (Å²) in [5.41, 5.74) is -1.18. The van der Waals surface area contributed by atoms with Crippen molar-refractivity contribution in [3.63, 3.8) is 0 Å². The summed E-state index contributed by atoms with van der Waals surface area (Å²) in [7, 11) is 0. The lowest BCUT2D eigenvalue weighted by atomic mass is 9.99. The van der Waals surface area contributed by atoms with E-state index in [4.69, 9.17) is 4.74 Å². The first-order chi connectivity index (χ1) is 10.4. The molecule has 0 saturated heterocycles. The van der Waals surface area contributed by atoms with E-state index in [1.54, 1.807) is 0 Å². The number of hydrogen-bond acceptors (Lipinski definition) is 6. The standard InChI is InChI=1S/C14H16N2O6/c1-9-3-2-4-10(9)8-22-14(17)11-5-12(15(18)19)7-13(6-11)16(20)21/h5-7,9-10H,2-4,8H2,1H3/t9-,10-/m1/s1. The molecule has 2 rings (SSSR count). The van der Waals surface area contributed by atoms with Gasteiger partial charge in [-0.25, -0.2) is 4.79 Å². The third kappa shape index (κ3) is 3.57. The van der Waals surface area contributed by atoms with Crippen molar-refractivity contribution in [3.05, 3.63) is 44.0 Å². The van der Waals surface area contributed by atoms with Gasteiger partial charge in [-0.15, -0.1) is 0 Å². The van der Waals surface area contributed by atoms with E-state index in [1.165, 1.54) is 0 Å². The lowest BCUT2D eigenvalue weighted by Crippen LogP contribution is -2.16. The Kier molecular flexibility index (Phi) is 4.69. The number of ether oxygens (including phenoxy) is 1. The van der Waals surface area contributed by atoms with Gasteiger partial charge in [-0.2, -0.15) is 0 Å². The van der Waals surface area contributed by atoms with E-state index < -0.39 is 27.2 Å². The Labute approximate surface area is 126 Å². The maximum Gasteiger partial charge on any atom is 0.338 e. The second kappa shape index (κ2) is 6.50. The van der Waals surface area contributed by atoms with Gasteiger partial charge in [0.05, 0.1) is 28.1 Å². The van der Waals surface area contributed by atoms with Crippen molar-refractivity contribution in [3.8, 4) is 0 Å². The van der Waals surface area contributed by atoms with Gasteiger partial charge in [-0.3, -0.25) is 20.2 Å². The van der Waals surface area contributed by atoms with Crippen molar-refractivity contribution in [1.29, 1.82) is 0 Å². The predicted molar refractivity (Wildman–Crippen MR) is 76.5 cm³/mol. The third-order valence-electron chi connectivity index (χ3n) is 4.03. The smallest absolute Gasteiger partial charge is 0.338 e. The number of rotatable bonds is 5. The number of hydrogen-bond donors (Lipinski definition) is 0. The molecule has 0 heterocycles. The predicted octanol–water partition coefficient (Wildman–Crippen LogP) is 3.10. The normalized spacial score (nSPS) is 20.6. The fourth-order valence-electron chi connectivity index (χ4n) is 2.66. The van der Waals surface area contributed by atoms with Crippen LogP contribution in [0.2, 0.25) is 0 Å². The maximum atomic E-state index is 12.0. The van der Waals surface area contributed by atoms with Crippen LogP contribution in [0.25, 0.3) is 0 Å². The quantitative estimate of drug-likeness (QED) is 0.469. The average molecular weight is 308 g/mol. The molecule has 1 aliphatic rings. The Bertz CT molecular complexity index is 583. The van der Waals surface area contributed by atoms with Crippen LogP contribution in [0.15, 0.2) is 18.2 Å². The number of benzene rings is 1. The highest BCUT2D eigenvalue weighted by atomic mass is 16.6. The van der Waals surface area contributed by atoms with E-state index in [0.29, 0.717) is 5.92 Å². The molecular formula is C14H16N2O6. The van der Waals surface area contributed by atoms with Gasteiger partial charge in [0, 0.05) is 12.1 Å². The SMILES string of the molecule is C[C@@H]1CCC[C@@H]1COC(=O)c1cc([N+](=O)[O-])cc([N+](=O)[O-])c1. The summed E-state index contributed by atoms with van der Waals surface area (Å²) in [6.45, 7) is 2.32. The number of esters is 1. The fourth-order valence-corrected chi connectivity index (χ4v) is 2.66. The highest BCUT2D eigenvalue weighted by molar-refractivity contribution is 5.91. The summed E-state index contributed by atoms with van der Waals surface area (Å²) in [4.78, 5) is 32.0. The van der Waals surface area contributed by atoms with E-state index in [9.17, 15) is 25.0 Å². The summed E-state index contributed by atoms with van der Waals surface area (Å²) in [5.74, 6) is -0.0317. The first-order valence-electron chi connectivity index (χ1n) is 6.99. The molecule has 1 aliphatic carbocycles. The van der Waals surface area contributed by atoms with E-state index in [-0.39, 0.29) is 18.1 Å². The van der Waals surface area contributed by atoms with Gasteiger partial charge in [0.15, 0.2) is 0 Å². The zero-order valence-electron chi connectivity index (χ0n) is 12.1. The molecule has 0 bridgehead atoms. The Hall–Kier alpha value is -2.51. The Morgan fingerprint density at radius 1 is 1.18 bits per heavy atom. The van der Waals surface area contributed by atoms with Crippen molar-refractivity contribution < 1.29 is 19.4 Å². The van der Waals surface area contributed by atoms with Crippen molar-refractivity contribution in [2.45, 2.75) is 26.2 Å². The largest absolute Gasteiger partial charge is 0.462 e. The Morgan fingerprint density at radius 3 is 2.23 bits per heavy atom. The van der Waals surface area contributed by atoms with Crippen LogP contribution in [-0.2, 0) is 4.74 Å². The molecule has 22 heavy (non-hydrogen) atoms. The molecule has 0 unspecified atom stereocenters. The van der Waals surface area contributed by atoms with Gasteiger partial charge in [-0.05, 0) is 18.3 Å². The van der Waals surface area contributed by atoms with E-state index >= 15 is 0 Å². The second-order valence-electron chi connectivity index (χ2n) is 5.52. The molecule has 118 valence electrons. The number of non-ortho nitro benzene ring substituents is 2. The number of nitro benzene ring substituents is 2. The lowest BCUT2D eigenvalue weighted by molar-refractivity contribution is -0.394. The molecule has 1 saturated carbocycles. The van der Waals surface area contributed by atoms with E-state index in [0.717, 1.165) is 37.5 Å². The maximum absolute atomic E-state index is 12.0. The molecule has 0 amide bonds. The van der Waals surface area contributed by atoms with Crippen LogP contribution < -0.4 is 0 Å². The number of carbonyl (C=O) groups excluding carboxylic acids is 1. The molecular weight excluding hydrogens is 292 g/mol. The molecule has 0 aromatic heterocycles. The summed E-state index contributed by atoms with van der Waals surface area (Å²) in [6, 6.07) is 2.80. The molecule has 0 spiro atoms. The first-order valence-corrected chi connectivity index (χ1v) is 6.99. The molecule has 1 aromatic rings. The minimum absolute atomic E-state index is 0.174. The minimum Gasteiger partial charge on any atom is -0.462 e. The van der Waals surface area contributed by atoms with Crippen molar-refractivity contribution in [1.82, 2.24) is 0 Å². The first kappa shape index (κ1) is 15.9. The summed E-state index contributed by atoms with van der Waals surface area (Å²) < 4.78 is 5.17. The number of carbonyl (C=O) groups is 1. The third-order valence-corrected chi connectivity index (χ3v) is 4.03. The van der Waals surface area contributed by atoms with Crippen LogP contribution in [0.5, 0.6) is 0 Å². The summed E-state index contributed by atoms with van der Waals surface area (Å²) in [5, 5.41) is 21.6. The van der Waals surface area contributed by atoms with Gasteiger partial charge in [0.25, 0.3) is 11.4 Å². The van der Waals surface area contributed by atoms with Gasteiger partial charge in [0.1, 0.15) is 0 Å². The van der Waals surface area contributed by atoms with Gasteiger partial charge in [0.2, 0.25) is 0 Å². The summed E-state index contributed by atoms with van der Waals surface area (Å²) in [6.07, 6.45) is 3.15. The highest BCUT2D eigenvalue weighted by Crippen LogP contribution is 2.31. The minimum atomic E-state index is -0.775. The van der Waals surface area contributed by atoms with E-state index in [2.05, 4.69) is 6.92 Å². The lowest BCUT2D eigenvalue weighted by Gasteiger charge is -2.15. The van der Waals surface area contributed by atoms with Crippen LogP contribution in [0, 0.1) is 32.1 Å². The zero-order chi connectivity index (χ0) is 16.3. The fraction of sp³-hybridized carbons (Fsp3) is 0.500. The van der Waals surface area contributed by atoms with Gasteiger partial charge < -0.3 is 4.74 Å². The second-order valence-corrected chi connectivity index (χ2v) is 5.52. The molecule has 0 aliphatic heterocycles. The van der Waals surface area contributed by atoms with Crippen molar-refractivity contribution in [2.24, 2.45) is 11.8 Å². The van der Waals surface area contributed by atoms with Crippen LogP contribution in [0.1, 0.15) is 36.5 Å². The topological polar surface area (TPSA) is 113 Å². The average Bonchev–Trinajstić information content (AvgIpc) is 2.89. The molecule has 0 radical (unpaired) electrons. The highest BCUT2D eigenvalue weighted by Gasteiger charge is 2.26. The Balaban J connectivity index is 2.14. The molecule has 2 atom stereocenters. The molecule has 1 fully saturated rings. The molecule has 8 nitrogen and oxygen atoms in total. The molecule has 0 N–H and O–H groups in total. The zero-order valence-corrected chi connectivity index (χ0v) is 12.1. The van der Waals surface area contributed by atoms with Crippen LogP contribution in [0.3, 0.4) is 0 Å². The summed E-state index contributed by atoms with van der Waals surface area (Å²) >= 11 is 0. The van der Waals surface area contributed by atoms with Crippen molar-refractivity contribution in [2.75, 3.05) is 6.61 Å². The molecule has 8 heteroatoms. The number of nitro groups is 2. The monoisotopic (exact) mass is 308 g/mol. The number of nitrogens with zero attached hydrogens (tertiary/aromatic N) is 2. The Morgan fingerprint density at radius 2 is 1.77 bits per heavy atom. The van der Waals surface area contributed by atoms with Gasteiger partial charge >= 0.3 is 5.97 Å².